The van der Waals surface area contributed by atoms with Crippen LogP contribution in [0.1, 0.15) is 49.1 Å². The lowest BCUT2D eigenvalue weighted by molar-refractivity contribution is 0.0887. The molecule has 0 unspecified atom stereocenters. The van der Waals surface area contributed by atoms with Gasteiger partial charge >= 0.3 is 6.09 Å². The Balaban J connectivity index is 2.02. The number of furan rings is 1. The number of hydrogen-bond donors (Lipinski definition) is 2. The molecule has 1 heterocycles. The highest BCUT2D eigenvalue weighted by Gasteiger charge is 2.27. The van der Waals surface area contributed by atoms with E-state index in [-0.39, 0.29) is 11.5 Å². The molecule has 1 fully saturated rings. The van der Waals surface area contributed by atoms with Crippen LogP contribution in [0.4, 0.5) is 4.79 Å². The summed E-state index contributed by atoms with van der Waals surface area (Å²) in [6.07, 6.45) is 6.53. The molecule has 0 saturated heterocycles. The fourth-order valence-corrected chi connectivity index (χ4v) is 2.73. The highest BCUT2D eigenvalue weighted by Crippen LogP contribution is 2.28. The van der Waals surface area contributed by atoms with Crippen molar-refractivity contribution in [3.05, 3.63) is 24.2 Å². The van der Waals surface area contributed by atoms with E-state index in [0.717, 1.165) is 12.8 Å². The SMILES string of the molecule is O=C(O)N[C@@H](CC1CCCCC1)C(=O)c1ccco1. The van der Waals surface area contributed by atoms with Crippen molar-refractivity contribution in [1.82, 2.24) is 5.32 Å². The molecular weight excluding hydrogens is 246 g/mol. The van der Waals surface area contributed by atoms with Crippen molar-refractivity contribution in [3.8, 4) is 0 Å². The van der Waals surface area contributed by atoms with Crippen LogP contribution in [0.25, 0.3) is 0 Å². The van der Waals surface area contributed by atoms with Crippen LogP contribution >= 0.6 is 0 Å². The molecule has 5 heteroatoms. The number of carbonyl (C=O) groups is 2. The lowest BCUT2D eigenvalue weighted by Gasteiger charge is -2.25. The predicted octanol–water partition coefficient (Wildman–Crippen LogP) is 3.07. The van der Waals surface area contributed by atoms with Crippen molar-refractivity contribution in [1.29, 1.82) is 0 Å². The standard InChI is InChI=1S/C14H19NO4/c16-13(12-7-4-8-19-12)11(15-14(17)18)9-10-5-2-1-3-6-10/h4,7-8,10-11,15H,1-3,5-6,9H2,(H,17,18)/t11-/m0/s1. The van der Waals surface area contributed by atoms with Gasteiger partial charge in [-0.05, 0) is 24.5 Å². The highest BCUT2D eigenvalue weighted by molar-refractivity contribution is 5.99. The van der Waals surface area contributed by atoms with Crippen LogP contribution in [-0.2, 0) is 0 Å². The average Bonchev–Trinajstić information content (AvgIpc) is 2.91. The molecule has 104 valence electrons. The molecule has 1 atom stereocenters. The number of Topliss-reactive ketones (excluding diaryl/α,β-unsaturated/α-hetero) is 1. The van der Waals surface area contributed by atoms with Gasteiger partial charge in [-0.1, -0.05) is 32.1 Å². The summed E-state index contributed by atoms with van der Waals surface area (Å²) in [4.78, 5) is 23.0. The molecule has 1 aromatic rings. The molecule has 5 nitrogen and oxygen atoms in total. The second-order valence-corrected chi connectivity index (χ2v) is 5.08. The van der Waals surface area contributed by atoms with Crippen LogP contribution in [0.2, 0.25) is 0 Å². The first kappa shape index (κ1) is 13.6. The molecule has 0 spiro atoms. The zero-order valence-electron chi connectivity index (χ0n) is 10.8. The Hall–Kier alpha value is -1.78. The third-order valence-corrected chi connectivity index (χ3v) is 3.67. The molecule has 1 saturated carbocycles. The van der Waals surface area contributed by atoms with Gasteiger partial charge in [0.05, 0.1) is 12.3 Å². The van der Waals surface area contributed by atoms with Gasteiger partial charge in [-0.25, -0.2) is 4.79 Å². The van der Waals surface area contributed by atoms with Gasteiger partial charge in [-0.3, -0.25) is 4.79 Å². The van der Waals surface area contributed by atoms with Gasteiger partial charge < -0.3 is 14.8 Å². The molecule has 1 aliphatic carbocycles. The van der Waals surface area contributed by atoms with Crippen LogP contribution in [-0.4, -0.2) is 23.0 Å². The van der Waals surface area contributed by atoms with E-state index in [2.05, 4.69) is 5.32 Å². The van der Waals surface area contributed by atoms with Crippen LogP contribution in [0.15, 0.2) is 22.8 Å². The maximum absolute atomic E-state index is 12.2. The Bertz CT molecular complexity index is 421. The summed E-state index contributed by atoms with van der Waals surface area (Å²) in [6.45, 7) is 0. The fraction of sp³-hybridized carbons (Fsp3) is 0.571. The third kappa shape index (κ3) is 3.84. The van der Waals surface area contributed by atoms with Gasteiger partial charge in [0.1, 0.15) is 0 Å². The van der Waals surface area contributed by atoms with Crippen molar-refractivity contribution < 1.29 is 19.1 Å². The number of rotatable bonds is 5. The van der Waals surface area contributed by atoms with Gasteiger partial charge in [-0.15, -0.1) is 0 Å². The number of hydrogen-bond acceptors (Lipinski definition) is 3. The molecule has 1 aromatic heterocycles. The molecule has 2 N–H and O–H groups in total. The lowest BCUT2D eigenvalue weighted by atomic mass is 9.84. The topological polar surface area (TPSA) is 79.5 Å². The van der Waals surface area contributed by atoms with E-state index in [0.29, 0.717) is 12.3 Å². The summed E-state index contributed by atoms with van der Waals surface area (Å²) in [5.74, 6) is 0.358. The first-order valence-corrected chi connectivity index (χ1v) is 6.74. The minimum atomic E-state index is -1.17. The number of amides is 1. The van der Waals surface area contributed by atoms with Crippen molar-refractivity contribution in [2.24, 2.45) is 5.92 Å². The molecule has 0 aliphatic heterocycles. The highest BCUT2D eigenvalue weighted by atomic mass is 16.4. The molecule has 0 bridgehead atoms. The third-order valence-electron chi connectivity index (χ3n) is 3.67. The van der Waals surface area contributed by atoms with Crippen molar-refractivity contribution in [2.75, 3.05) is 0 Å². The van der Waals surface area contributed by atoms with Gasteiger partial charge in [0.2, 0.25) is 5.78 Å². The minimum absolute atomic E-state index is 0.217. The van der Waals surface area contributed by atoms with Crippen LogP contribution in [0.3, 0.4) is 0 Å². The Morgan fingerprint density at radius 1 is 1.37 bits per heavy atom. The van der Waals surface area contributed by atoms with Gasteiger partial charge in [0.25, 0.3) is 0 Å². The molecule has 1 aliphatic rings. The minimum Gasteiger partial charge on any atom is -0.465 e. The van der Waals surface area contributed by atoms with E-state index in [1.807, 2.05) is 0 Å². The second-order valence-electron chi connectivity index (χ2n) is 5.08. The molecule has 19 heavy (non-hydrogen) atoms. The van der Waals surface area contributed by atoms with Crippen molar-refractivity contribution in [3.63, 3.8) is 0 Å². The first-order chi connectivity index (χ1) is 9.16. The Labute approximate surface area is 112 Å². The summed E-state index contributed by atoms with van der Waals surface area (Å²) < 4.78 is 5.06. The van der Waals surface area contributed by atoms with Gasteiger partial charge in [0, 0.05) is 0 Å². The smallest absolute Gasteiger partial charge is 0.405 e. The quantitative estimate of drug-likeness (QED) is 0.802. The summed E-state index contributed by atoms with van der Waals surface area (Å²) in [5, 5.41) is 11.2. The fourth-order valence-electron chi connectivity index (χ4n) is 2.73. The Morgan fingerprint density at radius 3 is 2.68 bits per heavy atom. The summed E-state index contributed by atoms with van der Waals surface area (Å²) in [7, 11) is 0. The predicted molar refractivity (Wildman–Crippen MR) is 69.2 cm³/mol. The monoisotopic (exact) mass is 265 g/mol. The lowest BCUT2D eigenvalue weighted by Crippen LogP contribution is -2.41. The molecular formula is C14H19NO4. The average molecular weight is 265 g/mol. The van der Waals surface area contributed by atoms with E-state index in [1.54, 1.807) is 12.1 Å². The second kappa shape index (κ2) is 6.41. The molecule has 2 rings (SSSR count). The van der Waals surface area contributed by atoms with Gasteiger partial charge in [-0.2, -0.15) is 0 Å². The van der Waals surface area contributed by atoms with E-state index >= 15 is 0 Å². The van der Waals surface area contributed by atoms with Crippen molar-refractivity contribution in [2.45, 2.75) is 44.6 Å². The van der Waals surface area contributed by atoms with E-state index in [1.165, 1.54) is 25.5 Å². The van der Waals surface area contributed by atoms with Crippen LogP contribution in [0, 0.1) is 5.92 Å². The zero-order valence-corrected chi connectivity index (χ0v) is 10.8. The zero-order chi connectivity index (χ0) is 13.7. The van der Waals surface area contributed by atoms with Crippen LogP contribution < -0.4 is 5.32 Å². The Kier molecular flexibility index (Phi) is 4.60. The maximum atomic E-state index is 12.2. The Morgan fingerprint density at radius 2 is 2.11 bits per heavy atom. The summed E-state index contributed by atoms with van der Waals surface area (Å²) in [5.41, 5.74) is 0. The molecule has 1 amide bonds. The normalized spacial score (nSPS) is 17.9. The number of carboxylic acid groups (broad SMARTS) is 1. The van der Waals surface area contributed by atoms with Crippen molar-refractivity contribution >= 4 is 11.9 Å². The first-order valence-electron chi connectivity index (χ1n) is 6.74. The maximum Gasteiger partial charge on any atom is 0.405 e. The number of carbonyl (C=O) groups excluding carboxylic acids is 1. The van der Waals surface area contributed by atoms with E-state index in [9.17, 15) is 9.59 Å². The molecule has 0 radical (unpaired) electrons. The summed E-state index contributed by atoms with van der Waals surface area (Å²) >= 11 is 0. The number of ketones is 1. The van der Waals surface area contributed by atoms with Crippen LogP contribution in [0.5, 0.6) is 0 Å². The number of nitrogens with one attached hydrogen (secondary N) is 1. The largest absolute Gasteiger partial charge is 0.465 e. The summed E-state index contributed by atoms with van der Waals surface area (Å²) in [6, 6.07) is 2.50. The van der Waals surface area contributed by atoms with E-state index in [4.69, 9.17) is 9.52 Å². The molecule has 0 aromatic carbocycles. The van der Waals surface area contributed by atoms with Gasteiger partial charge in [0.15, 0.2) is 5.76 Å². The van der Waals surface area contributed by atoms with E-state index < -0.39 is 12.1 Å².